The first-order chi connectivity index (χ1) is 13.7. The van der Waals surface area contributed by atoms with Crippen molar-refractivity contribution >= 4 is 21.6 Å². The van der Waals surface area contributed by atoms with E-state index in [0.717, 1.165) is 5.56 Å². The number of carbonyl (C=O) groups excluding carboxylic acids is 1. The Morgan fingerprint density at radius 1 is 1.00 bits per heavy atom. The van der Waals surface area contributed by atoms with E-state index in [1.807, 2.05) is 68.4 Å². The second-order valence-corrected chi connectivity index (χ2v) is 9.67. The molecule has 2 aromatic carbocycles. The van der Waals surface area contributed by atoms with E-state index >= 15 is 0 Å². The normalized spacial score (nSPS) is 12.6. The number of sulfonamides is 1. The third kappa shape index (κ3) is 6.89. The molecule has 0 radical (unpaired) electrons. The second-order valence-electron chi connectivity index (χ2n) is 7.77. The van der Waals surface area contributed by atoms with Crippen LogP contribution in [0, 0.1) is 0 Å². The Kier molecular flexibility index (Phi) is 8.26. The molecule has 0 aromatic heterocycles. The summed E-state index contributed by atoms with van der Waals surface area (Å²) in [5.74, 6) is 0.377. The molecule has 0 bridgehead atoms. The Labute approximate surface area is 175 Å². The lowest BCUT2D eigenvalue weighted by atomic mass is 10.0. The molecule has 2 rings (SSSR count). The van der Waals surface area contributed by atoms with E-state index in [4.69, 9.17) is 0 Å². The van der Waals surface area contributed by atoms with Gasteiger partial charge in [0.05, 0.1) is 11.9 Å². The fourth-order valence-corrected chi connectivity index (χ4v) is 4.29. The van der Waals surface area contributed by atoms with Gasteiger partial charge in [0.2, 0.25) is 15.9 Å². The van der Waals surface area contributed by atoms with Crippen molar-refractivity contribution in [2.24, 2.45) is 0 Å². The van der Waals surface area contributed by atoms with Crippen molar-refractivity contribution in [3.05, 3.63) is 65.7 Å². The monoisotopic (exact) mass is 416 g/mol. The summed E-state index contributed by atoms with van der Waals surface area (Å²) >= 11 is 0. The van der Waals surface area contributed by atoms with Gasteiger partial charge in [-0.05, 0) is 35.4 Å². The molecule has 158 valence electrons. The SMILES string of the molecule is CC(C)c1ccccc1N(CCCC(=O)NC[C@H](C)c1ccccc1)S(C)(=O)=O. The smallest absolute Gasteiger partial charge is 0.232 e. The standard InChI is InChI=1S/C23H32N2O3S/c1-18(2)21-13-8-9-14-22(21)25(29(4,27)28)16-10-15-23(26)24-17-19(3)20-11-6-5-7-12-20/h5-9,11-14,18-19H,10,15-17H2,1-4H3,(H,24,26)/t19-/m0/s1. The third-order valence-electron chi connectivity index (χ3n) is 4.97. The Hall–Kier alpha value is -2.34. The van der Waals surface area contributed by atoms with E-state index in [1.54, 1.807) is 0 Å². The fraction of sp³-hybridized carbons (Fsp3) is 0.435. The quantitative estimate of drug-likeness (QED) is 0.629. The predicted octanol–water partition coefficient (Wildman–Crippen LogP) is 4.28. The maximum absolute atomic E-state index is 12.4. The van der Waals surface area contributed by atoms with Crippen LogP contribution in [0.2, 0.25) is 0 Å². The lowest BCUT2D eigenvalue weighted by molar-refractivity contribution is -0.121. The van der Waals surface area contributed by atoms with Gasteiger partial charge >= 0.3 is 0 Å². The highest BCUT2D eigenvalue weighted by molar-refractivity contribution is 7.92. The van der Waals surface area contributed by atoms with Gasteiger partial charge in [0, 0.05) is 19.5 Å². The van der Waals surface area contributed by atoms with Crippen LogP contribution in [0.25, 0.3) is 0 Å². The van der Waals surface area contributed by atoms with Gasteiger partial charge in [0.25, 0.3) is 0 Å². The summed E-state index contributed by atoms with van der Waals surface area (Å²) < 4.78 is 26.2. The lowest BCUT2D eigenvalue weighted by Gasteiger charge is -2.26. The summed E-state index contributed by atoms with van der Waals surface area (Å²) in [6, 6.07) is 17.6. The summed E-state index contributed by atoms with van der Waals surface area (Å²) in [6.45, 7) is 7.00. The van der Waals surface area contributed by atoms with Crippen molar-refractivity contribution in [1.82, 2.24) is 5.32 Å². The summed E-state index contributed by atoms with van der Waals surface area (Å²) in [4.78, 5) is 12.2. The molecular weight excluding hydrogens is 384 g/mol. The van der Waals surface area contributed by atoms with Crippen molar-refractivity contribution in [1.29, 1.82) is 0 Å². The molecule has 0 fully saturated rings. The van der Waals surface area contributed by atoms with E-state index in [-0.39, 0.29) is 30.7 Å². The lowest BCUT2D eigenvalue weighted by Crippen LogP contribution is -2.33. The molecule has 0 aliphatic heterocycles. The Bertz CT molecular complexity index is 895. The number of anilines is 1. The third-order valence-corrected chi connectivity index (χ3v) is 6.15. The minimum Gasteiger partial charge on any atom is -0.356 e. The number of nitrogens with one attached hydrogen (secondary N) is 1. The number of nitrogens with zero attached hydrogens (tertiary/aromatic N) is 1. The first-order valence-electron chi connectivity index (χ1n) is 10.1. The number of benzene rings is 2. The Morgan fingerprint density at radius 3 is 2.24 bits per heavy atom. The van der Waals surface area contributed by atoms with Crippen molar-refractivity contribution in [2.75, 3.05) is 23.7 Å². The zero-order chi connectivity index (χ0) is 21.4. The van der Waals surface area contributed by atoms with Gasteiger partial charge in [0.15, 0.2) is 0 Å². The topological polar surface area (TPSA) is 66.5 Å². The van der Waals surface area contributed by atoms with Gasteiger partial charge in [-0.25, -0.2) is 8.42 Å². The van der Waals surface area contributed by atoms with E-state index in [1.165, 1.54) is 16.1 Å². The number of hydrogen-bond acceptors (Lipinski definition) is 3. The zero-order valence-corrected chi connectivity index (χ0v) is 18.6. The number of hydrogen-bond donors (Lipinski definition) is 1. The maximum Gasteiger partial charge on any atom is 0.232 e. The number of rotatable bonds is 10. The minimum atomic E-state index is -3.43. The molecule has 5 nitrogen and oxygen atoms in total. The molecule has 0 saturated heterocycles. The molecule has 0 aliphatic rings. The summed E-state index contributed by atoms with van der Waals surface area (Å²) in [5.41, 5.74) is 2.86. The molecule has 29 heavy (non-hydrogen) atoms. The Morgan fingerprint density at radius 2 is 1.62 bits per heavy atom. The van der Waals surface area contributed by atoms with Crippen LogP contribution in [-0.2, 0) is 14.8 Å². The molecule has 0 heterocycles. The van der Waals surface area contributed by atoms with E-state index in [0.29, 0.717) is 18.7 Å². The van der Waals surface area contributed by atoms with Crippen LogP contribution in [0.5, 0.6) is 0 Å². The van der Waals surface area contributed by atoms with E-state index in [9.17, 15) is 13.2 Å². The van der Waals surface area contributed by atoms with E-state index < -0.39 is 10.0 Å². The van der Waals surface area contributed by atoms with Crippen LogP contribution < -0.4 is 9.62 Å². The van der Waals surface area contributed by atoms with Crippen molar-refractivity contribution in [3.63, 3.8) is 0 Å². The van der Waals surface area contributed by atoms with Crippen molar-refractivity contribution < 1.29 is 13.2 Å². The summed E-state index contributed by atoms with van der Waals surface area (Å²) in [6.07, 6.45) is 1.97. The van der Waals surface area contributed by atoms with Crippen molar-refractivity contribution in [3.8, 4) is 0 Å². The largest absolute Gasteiger partial charge is 0.356 e. The molecule has 1 N–H and O–H groups in total. The first-order valence-corrected chi connectivity index (χ1v) is 11.9. The molecule has 0 unspecified atom stereocenters. The molecule has 1 amide bonds. The molecular formula is C23H32N2O3S. The number of amides is 1. The average molecular weight is 417 g/mol. The number of para-hydroxylation sites is 1. The molecule has 2 aromatic rings. The molecule has 0 aliphatic carbocycles. The summed E-state index contributed by atoms with van der Waals surface area (Å²) in [7, 11) is -3.43. The van der Waals surface area contributed by atoms with Gasteiger partial charge < -0.3 is 5.32 Å². The van der Waals surface area contributed by atoms with Crippen LogP contribution in [0.1, 0.15) is 56.6 Å². The van der Waals surface area contributed by atoms with Crippen LogP contribution in [-0.4, -0.2) is 33.7 Å². The highest BCUT2D eigenvalue weighted by Crippen LogP contribution is 2.29. The zero-order valence-electron chi connectivity index (χ0n) is 17.8. The average Bonchev–Trinajstić information content (AvgIpc) is 2.69. The van der Waals surface area contributed by atoms with Gasteiger partial charge in [-0.2, -0.15) is 0 Å². The number of carbonyl (C=O) groups is 1. The van der Waals surface area contributed by atoms with Gasteiger partial charge in [-0.1, -0.05) is 69.3 Å². The Balaban J connectivity index is 1.93. The highest BCUT2D eigenvalue weighted by atomic mass is 32.2. The highest BCUT2D eigenvalue weighted by Gasteiger charge is 2.21. The van der Waals surface area contributed by atoms with Gasteiger partial charge in [0.1, 0.15) is 0 Å². The fourth-order valence-electron chi connectivity index (χ4n) is 3.31. The molecule has 1 atom stereocenters. The maximum atomic E-state index is 12.4. The molecule has 0 spiro atoms. The van der Waals surface area contributed by atoms with Crippen LogP contribution in [0.15, 0.2) is 54.6 Å². The van der Waals surface area contributed by atoms with Gasteiger partial charge in [-0.3, -0.25) is 9.10 Å². The molecule has 6 heteroatoms. The van der Waals surface area contributed by atoms with Crippen LogP contribution in [0.4, 0.5) is 5.69 Å². The van der Waals surface area contributed by atoms with Gasteiger partial charge in [-0.15, -0.1) is 0 Å². The summed E-state index contributed by atoms with van der Waals surface area (Å²) in [5, 5.41) is 2.96. The van der Waals surface area contributed by atoms with Crippen molar-refractivity contribution in [2.45, 2.75) is 45.4 Å². The predicted molar refractivity (Wildman–Crippen MR) is 120 cm³/mol. The molecule has 0 saturated carbocycles. The minimum absolute atomic E-state index is 0.0571. The van der Waals surface area contributed by atoms with E-state index in [2.05, 4.69) is 12.2 Å². The first kappa shape index (κ1) is 22.9. The second kappa shape index (κ2) is 10.4. The van der Waals surface area contributed by atoms with Crippen LogP contribution in [0.3, 0.4) is 0 Å². The van der Waals surface area contributed by atoms with Crippen LogP contribution >= 0.6 is 0 Å².